The first-order chi connectivity index (χ1) is 15.3. The van der Waals surface area contributed by atoms with E-state index < -0.39 is 11.2 Å². The molecule has 0 unspecified atom stereocenters. The Morgan fingerprint density at radius 1 is 1.06 bits per heavy atom. The number of amides is 1. The first-order valence-corrected chi connectivity index (χ1v) is 11.0. The van der Waals surface area contributed by atoms with Crippen molar-refractivity contribution >= 4 is 22.8 Å². The molecule has 3 aromatic rings. The van der Waals surface area contributed by atoms with Crippen molar-refractivity contribution < 1.29 is 4.79 Å². The molecular formula is C23H30N6O3. The number of aryl methyl sites for hydroxylation is 2. The maximum absolute atomic E-state index is 12.6. The van der Waals surface area contributed by atoms with E-state index in [-0.39, 0.29) is 23.6 Å². The summed E-state index contributed by atoms with van der Waals surface area (Å²) in [5, 5.41) is 2.87. The lowest BCUT2D eigenvalue weighted by Crippen LogP contribution is -2.37. The number of piperidine rings is 1. The van der Waals surface area contributed by atoms with Crippen LogP contribution in [0.2, 0.25) is 0 Å². The summed E-state index contributed by atoms with van der Waals surface area (Å²) in [7, 11) is 5.14. The highest BCUT2D eigenvalue weighted by Gasteiger charge is 2.17. The minimum absolute atomic E-state index is 0.0676. The minimum atomic E-state index is -0.470. The van der Waals surface area contributed by atoms with Gasteiger partial charge in [-0.15, -0.1) is 0 Å². The van der Waals surface area contributed by atoms with Crippen molar-refractivity contribution in [2.75, 3.05) is 25.5 Å². The summed E-state index contributed by atoms with van der Waals surface area (Å²) in [6.07, 6.45) is 6.20. The standard InChI is InChI=1S/C23H30N6O3/c1-26-12-10-17(11-13-26)5-4-16-6-8-18(9-7-16)25-19(30)14-29-15-24-21-20(29)22(31)28(3)23(32)27(21)2/h6-9,15,17H,4-5,10-14H2,1-3H3,(H,25,30). The topological polar surface area (TPSA) is 94.2 Å². The zero-order chi connectivity index (χ0) is 22.8. The molecule has 170 valence electrons. The lowest BCUT2D eigenvalue weighted by atomic mass is 9.91. The van der Waals surface area contributed by atoms with Crippen molar-refractivity contribution in [1.82, 2.24) is 23.6 Å². The number of benzene rings is 1. The van der Waals surface area contributed by atoms with E-state index in [1.165, 1.54) is 60.4 Å². The van der Waals surface area contributed by atoms with Crippen LogP contribution in [0.4, 0.5) is 5.69 Å². The lowest BCUT2D eigenvalue weighted by molar-refractivity contribution is -0.116. The van der Waals surface area contributed by atoms with Crippen LogP contribution >= 0.6 is 0 Å². The molecule has 1 aromatic carbocycles. The molecule has 9 nitrogen and oxygen atoms in total. The Hall–Kier alpha value is -3.20. The number of nitrogens with one attached hydrogen (secondary N) is 1. The molecule has 1 amide bonds. The number of aromatic nitrogens is 4. The van der Waals surface area contributed by atoms with E-state index in [0.29, 0.717) is 5.69 Å². The Morgan fingerprint density at radius 2 is 1.75 bits per heavy atom. The van der Waals surface area contributed by atoms with Gasteiger partial charge < -0.3 is 14.8 Å². The molecule has 1 N–H and O–H groups in total. The first-order valence-electron chi connectivity index (χ1n) is 11.0. The number of likely N-dealkylation sites (tertiary alicyclic amines) is 1. The number of carbonyl (C=O) groups is 1. The number of carbonyl (C=O) groups excluding carboxylic acids is 1. The number of imidazole rings is 1. The monoisotopic (exact) mass is 438 g/mol. The summed E-state index contributed by atoms with van der Waals surface area (Å²) in [5.74, 6) is 0.530. The molecule has 9 heteroatoms. The molecule has 0 spiro atoms. The molecule has 0 bridgehead atoms. The number of fused-ring (bicyclic) bond motifs is 1. The van der Waals surface area contributed by atoms with Crippen LogP contribution in [0.25, 0.3) is 11.2 Å². The van der Waals surface area contributed by atoms with Crippen LogP contribution < -0.4 is 16.6 Å². The number of anilines is 1. The SMILES string of the molecule is CN1CCC(CCc2ccc(NC(=O)Cn3cnc4c3c(=O)n(C)c(=O)n4C)cc2)CC1. The molecule has 1 aliphatic heterocycles. The second-order valence-corrected chi connectivity index (χ2v) is 8.78. The van der Waals surface area contributed by atoms with Gasteiger partial charge in [-0.3, -0.25) is 18.7 Å². The molecule has 0 saturated carbocycles. The normalized spacial score (nSPS) is 15.3. The summed E-state index contributed by atoms with van der Waals surface area (Å²) in [6, 6.07) is 7.94. The largest absolute Gasteiger partial charge is 0.332 e. The van der Waals surface area contributed by atoms with Gasteiger partial charge in [0, 0.05) is 19.8 Å². The zero-order valence-electron chi connectivity index (χ0n) is 18.9. The number of hydrogen-bond donors (Lipinski definition) is 1. The Morgan fingerprint density at radius 3 is 2.44 bits per heavy atom. The third kappa shape index (κ3) is 4.52. The van der Waals surface area contributed by atoms with Gasteiger partial charge in [-0.05, 0) is 69.4 Å². The predicted molar refractivity (Wildman–Crippen MR) is 124 cm³/mol. The summed E-state index contributed by atoms with van der Waals surface area (Å²) >= 11 is 0. The van der Waals surface area contributed by atoms with Crippen molar-refractivity contribution in [2.45, 2.75) is 32.2 Å². The third-order valence-corrected chi connectivity index (χ3v) is 6.45. The van der Waals surface area contributed by atoms with E-state index in [1.807, 2.05) is 12.1 Å². The summed E-state index contributed by atoms with van der Waals surface area (Å²) in [4.78, 5) is 43.7. The molecule has 1 fully saturated rings. The third-order valence-electron chi connectivity index (χ3n) is 6.45. The first kappa shape index (κ1) is 22.0. The van der Waals surface area contributed by atoms with Crippen LogP contribution in [-0.2, 0) is 31.9 Å². The van der Waals surface area contributed by atoms with Crippen LogP contribution in [0.15, 0.2) is 40.2 Å². The average Bonchev–Trinajstić information content (AvgIpc) is 3.20. The number of rotatable bonds is 6. The molecule has 2 aromatic heterocycles. The van der Waals surface area contributed by atoms with E-state index in [4.69, 9.17) is 0 Å². The Bertz CT molecular complexity index is 1230. The van der Waals surface area contributed by atoms with E-state index >= 15 is 0 Å². The molecule has 0 aliphatic carbocycles. The summed E-state index contributed by atoms with van der Waals surface area (Å²) < 4.78 is 3.79. The van der Waals surface area contributed by atoms with Gasteiger partial charge in [0.15, 0.2) is 11.2 Å². The molecule has 1 saturated heterocycles. The predicted octanol–water partition coefficient (Wildman–Crippen LogP) is 1.35. The van der Waals surface area contributed by atoms with E-state index in [0.717, 1.165) is 16.9 Å². The molecule has 32 heavy (non-hydrogen) atoms. The van der Waals surface area contributed by atoms with Gasteiger partial charge >= 0.3 is 5.69 Å². The van der Waals surface area contributed by atoms with Crippen LogP contribution in [0.5, 0.6) is 0 Å². The van der Waals surface area contributed by atoms with Gasteiger partial charge in [0.05, 0.1) is 6.33 Å². The van der Waals surface area contributed by atoms with Crippen molar-refractivity contribution in [3.63, 3.8) is 0 Å². The summed E-state index contributed by atoms with van der Waals surface area (Å²) in [5.41, 5.74) is 1.55. The second kappa shape index (κ2) is 9.12. The molecular weight excluding hydrogens is 408 g/mol. The Kier molecular flexibility index (Phi) is 6.27. The van der Waals surface area contributed by atoms with Gasteiger partial charge in [0.25, 0.3) is 5.56 Å². The minimum Gasteiger partial charge on any atom is -0.325 e. The van der Waals surface area contributed by atoms with Gasteiger partial charge in [-0.1, -0.05) is 12.1 Å². The second-order valence-electron chi connectivity index (χ2n) is 8.78. The number of hydrogen-bond acceptors (Lipinski definition) is 5. The van der Waals surface area contributed by atoms with Crippen LogP contribution in [0.3, 0.4) is 0 Å². The molecule has 0 radical (unpaired) electrons. The number of nitrogens with zero attached hydrogens (tertiary/aromatic N) is 5. The fourth-order valence-electron chi connectivity index (χ4n) is 4.35. The van der Waals surface area contributed by atoms with Crippen molar-refractivity contribution in [3.05, 3.63) is 57.0 Å². The molecule has 4 rings (SSSR count). The van der Waals surface area contributed by atoms with Crippen molar-refractivity contribution in [1.29, 1.82) is 0 Å². The Balaban J connectivity index is 1.37. The highest BCUT2D eigenvalue weighted by Crippen LogP contribution is 2.22. The van der Waals surface area contributed by atoms with Gasteiger partial charge in [-0.2, -0.15) is 0 Å². The van der Waals surface area contributed by atoms with Crippen molar-refractivity contribution in [2.24, 2.45) is 20.0 Å². The van der Waals surface area contributed by atoms with Crippen molar-refractivity contribution in [3.8, 4) is 0 Å². The Labute approximate surface area is 186 Å². The van der Waals surface area contributed by atoms with Crippen LogP contribution in [0.1, 0.15) is 24.8 Å². The van der Waals surface area contributed by atoms with Gasteiger partial charge in [-0.25, -0.2) is 9.78 Å². The van der Waals surface area contributed by atoms with E-state index in [2.05, 4.69) is 34.4 Å². The fourth-order valence-corrected chi connectivity index (χ4v) is 4.35. The quantitative estimate of drug-likeness (QED) is 0.627. The van der Waals surface area contributed by atoms with E-state index in [1.54, 1.807) is 7.05 Å². The lowest BCUT2D eigenvalue weighted by Gasteiger charge is -2.28. The maximum atomic E-state index is 12.6. The van der Waals surface area contributed by atoms with Gasteiger partial charge in [0.2, 0.25) is 5.91 Å². The molecule has 1 aliphatic rings. The smallest absolute Gasteiger partial charge is 0.325 e. The fraction of sp³-hybridized carbons (Fsp3) is 0.478. The zero-order valence-corrected chi connectivity index (χ0v) is 18.9. The molecule has 0 atom stereocenters. The van der Waals surface area contributed by atoms with Crippen LogP contribution in [0, 0.1) is 5.92 Å². The maximum Gasteiger partial charge on any atom is 0.332 e. The van der Waals surface area contributed by atoms with Gasteiger partial charge in [0.1, 0.15) is 6.54 Å². The highest BCUT2D eigenvalue weighted by atomic mass is 16.2. The summed E-state index contributed by atoms with van der Waals surface area (Å²) in [6.45, 7) is 2.30. The highest BCUT2D eigenvalue weighted by molar-refractivity contribution is 5.91. The average molecular weight is 439 g/mol. The molecule has 3 heterocycles. The van der Waals surface area contributed by atoms with E-state index in [9.17, 15) is 14.4 Å². The van der Waals surface area contributed by atoms with Crippen LogP contribution in [-0.4, -0.2) is 49.6 Å².